The molecule has 0 N–H and O–H groups in total. The zero-order chi connectivity index (χ0) is 15.0. The van der Waals surface area contributed by atoms with Crippen molar-refractivity contribution in [1.82, 2.24) is 4.57 Å². The smallest absolute Gasteiger partial charge is 0.179 e. The fourth-order valence-electron chi connectivity index (χ4n) is 3.46. The number of hydrogen-bond donors (Lipinski definition) is 0. The number of fused-ring (bicyclic) bond motifs is 1. The molecule has 0 spiro atoms. The standard InChI is InChI=1S/C18H20ClNO/c1-12-10-16(18(21)11-19)13(2)20(12)17-9-5-7-14-6-3-4-8-15(14)17/h5,7,9-10H,3-4,6,8,11H2,1-2H3. The molecule has 1 heterocycles. The van der Waals surface area contributed by atoms with Gasteiger partial charge in [-0.05, 0) is 62.8 Å². The summed E-state index contributed by atoms with van der Waals surface area (Å²) in [6.45, 7) is 4.06. The van der Waals surface area contributed by atoms with Crippen molar-refractivity contribution in [2.45, 2.75) is 39.5 Å². The van der Waals surface area contributed by atoms with Crippen LogP contribution in [0.5, 0.6) is 0 Å². The molecule has 1 aliphatic carbocycles. The van der Waals surface area contributed by atoms with Crippen molar-refractivity contribution in [3.8, 4) is 5.69 Å². The van der Waals surface area contributed by atoms with Crippen LogP contribution < -0.4 is 0 Å². The molecule has 1 aromatic heterocycles. The number of aromatic nitrogens is 1. The predicted molar refractivity (Wildman–Crippen MR) is 86.9 cm³/mol. The van der Waals surface area contributed by atoms with Crippen LogP contribution in [-0.2, 0) is 12.8 Å². The molecule has 0 atom stereocenters. The molecule has 0 bridgehead atoms. The summed E-state index contributed by atoms with van der Waals surface area (Å²) in [4.78, 5) is 12.0. The van der Waals surface area contributed by atoms with Gasteiger partial charge in [-0.2, -0.15) is 0 Å². The van der Waals surface area contributed by atoms with Crippen molar-refractivity contribution < 1.29 is 4.79 Å². The number of benzene rings is 1. The first-order chi connectivity index (χ1) is 10.1. The minimum Gasteiger partial charge on any atom is -0.317 e. The molecule has 21 heavy (non-hydrogen) atoms. The second-order valence-corrected chi connectivity index (χ2v) is 6.07. The first kappa shape index (κ1) is 14.4. The van der Waals surface area contributed by atoms with E-state index in [1.165, 1.54) is 29.7 Å². The van der Waals surface area contributed by atoms with Gasteiger partial charge in [0.05, 0.1) is 5.88 Å². The minimum atomic E-state index is 0.000755. The highest BCUT2D eigenvalue weighted by molar-refractivity contribution is 6.30. The molecule has 0 fully saturated rings. The van der Waals surface area contributed by atoms with Crippen LogP contribution in [0.3, 0.4) is 0 Å². The van der Waals surface area contributed by atoms with Crippen LogP contribution in [-0.4, -0.2) is 16.2 Å². The van der Waals surface area contributed by atoms with E-state index >= 15 is 0 Å². The topological polar surface area (TPSA) is 22.0 Å². The SMILES string of the molecule is Cc1cc(C(=O)CCl)c(C)n1-c1cccc2c1CCCC2. The maximum Gasteiger partial charge on any atom is 0.179 e. The van der Waals surface area contributed by atoms with E-state index in [2.05, 4.69) is 29.7 Å². The molecule has 0 saturated carbocycles. The molecule has 2 aromatic rings. The summed E-state index contributed by atoms with van der Waals surface area (Å²) in [6.07, 6.45) is 4.81. The summed E-state index contributed by atoms with van der Waals surface area (Å²) in [5.74, 6) is 0.0396. The predicted octanol–water partition coefficient (Wildman–Crippen LogP) is 4.39. The lowest BCUT2D eigenvalue weighted by Crippen LogP contribution is -2.10. The molecule has 110 valence electrons. The Morgan fingerprint density at radius 2 is 2.00 bits per heavy atom. The van der Waals surface area contributed by atoms with Crippen molar-refractivity contribution in [3.63, 3.8) is 0 Å². The van der Waals surface area contributed by atoms with Gasteiger partial charge in [0, 0.05) is 22.6 Å². The number of alkyl halides is 1. The van der Waals surface area contributed by atoms with E-state index in [4.69, 9.17) is 11.6 Å². The maximum absolute atomic E-state index is 12.0. The second-order valence-electron chi connectivity index (χ2n) is 5.80. The number of hydrogen-bond acceptors (Lipinski definition) is 1. The molecule has 1 aliphatic rings. The van der Waals surface area contributed by atoms with Gasteiger partial charge in [0.1, 0.15) is 0 Å². The lowest BCUT2D eigenvalue weighted by atomic mass is 9.90. The lowest BCUT2D eigenvalue weighted by molar-refractivity contribution is 0.102. The molecule has 2 nitrogen and oxygen atoms in total. The van der Waals surface area contributed by atoms with Crippen LogP contribution in [0.1, 0.15) is 45.7 Å². The van der Waals surface area contributed by atoms with E-state index in [1.807, 2.05) is 13.0 Å². The fourth-order valence-corrected chi connectivity index (χ4v) is 3.60. The van der Waals surface area contributed by atoms with Crippen molar-refractivity contribution in [1.29, 1.82) is 0 Å². The first-order valence-electron chi connectivity index (χ1n) is 7.52. The zero-order valence-corrected chi connectivity index (χ0v) is 13.3. The van der Waals surface area contributed by atoms with Crippen LogP contribution >= 0.6 is 11.6 Å². The molecule has 0 amide bonds. The summed E-state index contributed by atoms with van der Waals surface area (Å²) < 4.78 is 2.21. The van der Waals surface area contributed by atoms with Gasteiger partial charge in [-0.3, -0.25) is 4.79 Å². The molecule has 3 heteroatoms. The van der Waals surface area contributed by atoms with Gasteiger partial charge in [-0.25, -0.2) is 0 Å². The number of ketones is 1. The lowest BCUT2D eigenvalue weighted by Gasteiger charge is -2.21. The van der Waals surface area contributed by atoms with E-state index < -0.39 is 0 Å². The Balaban J connectivity index is 2.18. The number of aryl methyl sites for hydroxylation is 2. The summed E-state index contributed by atoms with van der Waals surface area (Å²) in [7, 11) is 0. The third-order valence-corrected chi connectivity index (χ3v) is 4.71. The van der Waals surface area contributed by atoms with Crippen LogP contribution in [0, 0.1) is 13.8 Å². The Labute approximate surface area is 130 Å². The first-order valence-corrected chi connectivity index (χ1v) is 8.06. The summed E-state index contributed by atoms with van der Waals surface area (Å²) in [5.41, 5.74) is 6.97. The van der Waals surface area contributed by atoms with E-state index in [-0.39, 0.29) is 11.7 Å². The van der Waals surface area contributed by atoms with Crippen molar-refractivity contribution in [2.75, 3.05) is 5.88 Å². The summed E-state index contributed by atoms with van der Waals surface area (Å²) in [6, 6.07) is 8.49. The fraction of sp³-hybridized carbons (Fsp3) is 0.389. The minimum absolute atomic E-state index is 0.000755. The van der Waals surface area contributed by atoms with Crippen LogP contribution in [0.4, 0.5) is 0 Å². The normalized spacial score (nSPS) is 14.0. The quantitative estimate of drug-likeness (QED) is 0.608. The Morgan fingerprint density at radius 1 is 1.24 bits per heavy atom. The number of rotatable bonds is 3. The van der Waals surface area contributed by atoms with Crippen molar-refractivity contribution >= 4 is 17.4 Å². The molecular formula is C18H20ClNO. The Morgan fingerprint density at radius 3 is 2.76 bits per heavy atom. The molecule has 1 aromatic carbocycles. The molecule has 3 rings (SSSR count). The second kappa shape index (κ2) is 5.69. The Hall–Kier alpha value is -1.54. The van der Waals surface area contributed by atoms with E-state index in [1.54, 1.807) is 0 Å². The summed E-state index contributed by atoms with van der Waals surface area (Å²) in [5, 5.41) is 0. The third kappa shape index (κ3) is 2.42. The molecule has 0 unspecified atom stereocenters. The monoisotopic (exact) mass is 301 g/mol. The molecular weight excluding hydrogens is 282 g/mol. The Bertz CT molecular complexity index is 699. The summed E-state index contributed by atoms with van der Waals surface area (Å²) >= 11 is 5.72. The van der Waals surface area contributed by atoms with Crippen molar-refractivity contribution in [3.05, 3.63) is 52.3 Å². The van der Waals surface area contributed by atoms with E-state index in [0.717, 1.165) is 29.8 Å². The van der Waals surface area contributed by atoms with Crippen LogP contribution in [0.2, 0.25) is 0 Å². The van der Waals surface area contributed by atoms with Crippen LogP contribution in [0.15, 0.2) is 24.3 Å². The molecule has 0 aliphatic heterocycles. The third-order valence-electron chi connectivity index (χ3n) is 4.47. The maximum atomic E-state index is 12.0. The van der Waals surface area contributed by atoms with Gasteiger partial charge < -0.3 is 4.57 Å². The van der Waals surface area contributed by atoms with Gasteiger partial charge in [-0.1, -0.05) is 12.1 Å². The van der Waals surface area contributed by atoms with Gasteiger partial charge >= 0.3 is 0 Å². The van der Waals surface area contributed by atoms with Crippen molar-refractivity contribution in [2.24, 2.45) is 0 Å². The van der Waals surface area contributed by atoms with Gasteiger partial charge in [0.25, 0.3) is 0 Å². The Kier molecular flexibility index (Phi) is 3.90. The van der Waals surface area contributed by atoms with Crippen LogP contribution in [0.25, 0.3) is 5.69 Å². The number of Topliss-reactive ketones (excluding diaryl/α,β-unsaturated/α-hetero) is 1. The highest BCUT2D eigenvalue weighted by Crippen LogP contribution is 2.30. The highest BCUT2D eigenvalue weighted by Gasteiger charge is 2.19. The number of carbonyl (C=O) groups is 1. The number of nitrogens with zero attached hydrogens (tertiary/aromatic N) is 1. The average Bonchev–Trinajstić information content (AvgIpc) is 2.81. The number of carbonyl (C=O) groups excluding carboxylic acids is 1. The van der Waals surface area contributed by atoms with Gasteiger partial charge in [0.15, 0.2) is 5.78 Å². The van der Waals surface area contributed by atoms with Gasteiger partial charge in [0.2, 0.25) is 0 Å². The largest absolute Gasteiger partial charge is 0.317 e. The molecule has 0 saturated heterocycles. The molecule has 0 radical (unpaired) electrons. The number of halogens is 1. The van der Waals surface area contributed by atoms with E-state index in [0.29, 0.717) is 0 Å². The average molecular weight is 302 g/mol. The highest BCUT2D eigenvalue weighted by atomic mass is 35.5. The van der Waals surface area contributed by atoms with E-state index in [9.17, 15) is 4.79 Å². The van der Waals surface area contributed by atoms with Gasteiger partial charge in [-0.15, -0.1) is 11.6 Å². The zero-order valence-electron chi connectivity index (χ0n) is 12.6.